The summed E-state index contributed by atoms with van der Waals surface area (Å²) >= 11 is 2.79. The van der Waals surface area contributed by atoms with Crippen molar-refractivity contribution in [2.45, 2.75) is 19.8 Å². The van der Waals surface area contributed by atoms with E-state index in [9.17, 15) is 4.79 Å². The van der Waals surface area contributed by atoms with Crippen molar-refractivity contribution in [2.24, 2.45) is 0 Å². The number of hydrogen-bond acceptors (Lipinski definition) is 6. The maximum Gasteiger partial charge on any atom is 0.276 e. The van der Waals surface area contributed by atoms with Gasteiger partial charge in [0.25, 0.3) is 5.91 Å². The summed E-state index contributed by atoms with van der Waals surface area (Å²) in [4.78, 5) is 15.5. The van der Waals surface area contributed by atoms with E-state index in [0.717, 1.165) is 17.8 Å². The SMILES string of the molecule is CCCc1nnc(NC(=O)c2cscn2)s1. The largest absolute Gasteiger partial charge is 0.295 e. The number of aryl methyl sites for hydroxylation is 1. The van der Waals surface area contributed by atoms with Crippen LogP contribution in [0.1, 0.15) is 28.8 Å². The number of nitrogens with one attached hydrogen (secondary N) is 1. The van der Waals surface area contributed by atoms with Crippen LogP contribution >= 0.6 is 22.7 Å². The maximum absolute atomic E-state index is 11.6. The summed E-state index contributed by atoms with van der Waals surface area (Å²) in [6.07, 6.45) is 1.92. The number of thiazole rings is 1. The molecule has 0 aromatic carbocycles. The summed E-state index contributed by atoms with van der Waals surface area (Å²) in [5.74, 6) is -0.236. The molecule has 2 heterocycles. The zero-order valence-corrected chi connectivity index (χ0v) is 10.3. The molecule has 0 fully saturated rings. The molecule has 0 aliphatic carbocycles. The van der Waals surface area contributed by atoms with E-state index in [-0.39, 0.29) is 5.91 Å². The van der Waals surface area contributed by atoms with Gasteiger partial charge in [-0.15, -0.1) is 21.5 Å². The molecule has 16 heavy (non-hydrogen) atoms. The van der Waals surface area contributed by atoms with Gasteiger partial charge in [-0.1, -0.05) is 18.3 Å². The van der Waals surface area contributed by atoms with E-state index in [2.05, 4.69) is 27.4 Å². The Kier molecular flexibility index (Phi) is 3.58. The first-order valence-corrected chi connectivity index (χ1v) is 6.57. The van der Waals surface area contributed by atoms with Crippen LogP contribution in [0.4, 0.5) is 5.13 Å². The Morgan fingerprint density at radius 3 is 3.06 bits per heavy atom. The topological polar surface area (TPSA) is 67.8 Å². The van der Waals surface area contributed by atoms with Crippen molar-refractivity contribution in [3.63, 3.8) is 0 Å². The lowest BCUT2D eigenvalue weighted by Crippen LogP contribution is -2.11. The van der Waals surface area contributed by atoms with E-state index in [1.165, 1.54) is 22.7 Å². The fraction of sp³-hybridized carbons (Fsp3) is 0.333. The predicted octanol–water partition coefficient (Wildman–Crippen LogP) is 2.20. The monoisotopic (exact) mass is 254 g/mol. The van der Waals surface area contributed by atoms with Crippen LogP contribution in [0.15, 0.2) is 10.9 Å². The van der Waals surface area contributed by atoms with Crippen LogP contribution in [0.3, 0.4) is 0 Å². The van der Waals surface area contributed by atoms with Gasteiger partial charge in [-0.2, -0.15) is 0 Å². The van der Waals surface area contributed by atoms with Crippen molar-refractivity contribution in [3.8, 4) is 0 Å². The molecule has 2 rings (SSSR count). The summed E-state index contributed by atoms with van der Waals surface area (Å²) in [5, 5.41) is 13.7. The molecule has 0 radical (unpaired) electrons. The Morgan fingerprint density at radius 2 is 2.38 bits per heavy atom. The van der Waals surface area contributed by atoms with E-state index in [0.29, 0.717) is 10.8 Å². The summed E-state index contributed by atoms with van der Waals surface area (Å²) < 4.78 is 0. The van der Waals surface area contributed by atoms with Gasteiger partial charge >= 0.3 is 0 Å². The Morgan fingerprint density at radius 1 is 1.50 bits per heavy atom. The second-order valence-electron chi connectivity index (χ2n) is 3.08. The van der Waals surface area contributed by atoms with Gasteiger partial charge < -0.3 is 0 Å². The molecule has 0 spiro atoms. The first-order chi connectivity index (χ1) is 7.79. The smallest absolute Gasteiger partial charge is 0.276 e. The average molecular weight is 254 g/mol. The minimum atomic E-state index is -0.236. The lowest BCUT2D eigenvalue weighted by atomic mass is 10.4. The fourth-order valence-corrected chi connectivity index (χ4v) is 2.47. The van der Waals surface area contributed by atoms with Crippen LogP contribution in [0.5, 0.6) is 0 Å². The maximum atomic E-state index is 11.6. The van der Waals surface area contributed by atoms with Gasteiger partial charge in [0.1, 0.15) is 10.7 Å². The van der Waals surface area contributed by atoms with Crippen LogP contribution in [0, 0.1) is 0 Å². The first kappa shape index (κ1) is 11.2. The third-order valence-electron chi connectivity index (χ3n) is 1.82. The molecule has 1 amide bonds. The van der Waals surface area contributed by atoms with Crippen LogP contribution in [-0.2, 0) is 6.42 Å². The molecule has 2 aromatic heterocycles. The van der Waals surface area contributed by atoms with E-state index in [1.54, 1.807) is 10.9 Å². The summed E-state index contributed by atoms with van der Waals surface area (Å²) in [6, 6.07) is 0. The van der Waals surface area contributed by atoms with E-state index < -0.39 is 0 Å². The van der Waals surface area contributed by atoms with Gasteiger partial charge in [0, 0.05) is 11.8 Å². The van der Waals surface area contributed by atoms with Gasteiger partial charge in [0.05, 0.1) is 5.51 Å². The standard InChI is InChI=1S/C9H10N4OS2/c1-2-3-7-12-13-9(16-7)11-8(14)6-4-15-5-10-6/h4-5H,2-3H2,1H3,(H,11,13,14). The molecule has 0 saturated carbocycles. The highest BCUT2D eigenvalue weighted by Crippen LogP contribution is 2.17. The molecule has 0 aliphatic heterocycles. The van der Waals surface area contributed by atoms with Crippen molar-refractivity contribution in [1.82, 2.24) is 15.2 Å². The highest BCUT2D eigenvalue weighted by atomic mass is 32.1. The van der Waals surface area contributed by atoms with Crippen LogP contribution < -0.4 is 5.32 Å². The van der Waals surface area contributed by atoms with Gasteiger partial charge in [-0.3, -0.25) is 10.1 Å². The van der Waals surface area contributed by atoms with Gasteiger partial charge in [0.15, 0.2) is 0 Å². The minimum Gasteiger partial charge on any atom is -0.295 e. The van der Waals surface area contributed by atoms with E-state index >= 15 is 0 Å². The highest BCUT2D eigenvalue weighted by molar-refractivity contribution is 7.15. The quantitative estimate of drug-likeness (QED) is 0.908. The number of nitrogens with zero attached hydrogens (tertiary/aromatic N) is 3. The number of carbonyl (C=O) groups is 1. The van der Waals surface area contributed by atoms with Gasteiger partial charge in [-0.25, -0.2) is 4.98 Å². The lowest BCUT2D eigenvalue weighted by Gasteiger charge is -1.95. The summed E-state index contributed by atoms with van der Waals surface area (Å²) in [5.41, 5.74) is 2.04. The van der Waals surface area contributed by atoms with E-state index in [1.807, 2.05) is 0 Å². The molecule has 5 nitrogen and oxygen atoms in total. The fourth-order valence-electron chi connectivity index (χ4n) is 1.10. The van der Waals surface area contributed by atoms with Crippen LogP contribution in [0.2, 0.25) is 0 Å². The average Bonchev–Trinajstić information content (AvgIpc) is 2.89. The Balaban J connectivity index is 2.01. The minimum absolute atomic E-state index is 0.236. The Hall–Kier alpha value is -1.34. The van der Waals surface area contributed by atoms with Gasteiger partial charge in [0.2, 0.25) is 5.13 Å². The number of rotatable bonds is 4. The molecular formula is C9H10N4OS2. The number of hydrogen-bond donors (Lipinski definition) is 1. The van der Waals surface area contributed by atoms with Crippen molar-refractivity contribution < 1.29 is 4.79 Å². The Labute approximate surface area is 101 Å². The van der Waals surface area contributed by atoms with Crippen molar-refractivity contribution in [1.29, 1.82) is 0 Å². The molecule has 0 unspecified atom stereocenters. The lowest BCUT2D eigenvalue weighted by molar-refractivity contribution is 0.102. The third kappa shape index (κ3) is 2.61. The number of anilines is 1. The van der Waals surface area contributed by atoms with Crippen molar-refractivity contribution in [3.05, 3.63) is 21.6 Å². The zero-order valence-electron chi connectivity index (χ0n) is 8.64. The molecule has 0 bridgehead atoms. The third-order valence-corrected chi connectivity index (χ3v) is 3.30. The second kappa shape index (κ2) is 5.13. The molecule has 1 N–H and O–H groups in total. The van der Waals surface area contributed by atoms with Crippen molar-refractivity contribution >= 4 is 33.7 Å². The number of carbonyl (C=O) groups excluding carboxylic acids is 1. The number of amides is 1. The molecular weight excluding hydrogens is 244 g/mol. The second-order valence-corrected chi connectivity index (χ2v) is 4.86. The zero-order chi connectivity index (χ0) is 11.4. The molecule has 0 atom stereocenters. The predicted molar refractivity (Wildman–Crippen MR) is 64.0 cm³/mol. The Bertz CT molecular complexity index is 466. The molecule has 0 saturated heterocycles. The molecule has 2 aromatic rings. The van der Waals surface area contributed by atoms with Gasteiger partial charge in [-0.05, 0) is 6.42 Å². The molecule has 84 valence electrons. The normalized spacial score (nSPS) is 10.3. The van der Waals surface area contributed by atoms with E-state index in [4.69, 9.17) is 0 Å². The molecule has 7 heteroatoms. The summed E-state index contributed by atoms with van der Waals surface area (Å²) in [6.45, 7) is 2.08. The molecule has 0 aliphatic rings. The first-order valence-electron chi connectivity index (χ1n) is 4.81. The van der Waals surface area contributed by atoms with Crippen molar-refractivity contribution in [2.75, 3.05) is 5.32 Å². The summed E-state index contributed by atoms with van der Waals surface area (Å²) in [7, 11) is 0. The van der Waals surface area contributed by atoms with Crippen LogP contribution in [0.25, 0.3) is 0 Å². The van der Waals surface area contributed by atoms with Crippen LogP contribution in [-0.4, -0.2) is 21.1 Å². The highest BCUT2D eigenvalue weighted by Gasteiger charge is 2.11. The number of aromatic nitrogens is 3.